The van der Waals surface area contributed by atoms with Crippen LogP contribution in [-0.2, 0) is 4.79 Å². The lowest BCUT2D eigenvalue weighted by Gasteiger charge is -2.40. The van der Waals surface area contributed by atoms with E-state index in [9.17, 15) is 9.90 Å². The van der Waals surface area contributed by atoms with Crippen LogP contribution in [0.15, 0.2) is 0 Å². The second-order valence-electron chi connectivity index (χ2n) is 5.47. The average molecular weight is 226 g/mol. The minimum Gasteiger partial charge on any atom is -0.394 e. The maximum Gasteiger partial charge on any atom is 0.226 e. The smallest absolute Gasteiger partial charge is 0.226 e. The molecule has 92 valence electrons. The van der Waals surface area contributed by atoms with Gasteiger partial charge in [0, 0.05) is 13.1 Å². The molecular weight excluding hydrogens is 204 g/mol. The van der Waals surface area contributed by atoms with Gasteiger partial charge in [-0.3, -0.25) is 4.79 Å². The first kappa shape index (κ1) is 11.9. The summed E-state index contributed by atoms with van der Waals surface area (Å²) in [4.78, 5) is 11.9. The van der Waals surface area contributed by atoms with Crippen LogP contribution in [0, 0.1) is 11.8 Å². The second-order valence-corrected chi connectivity index (χ2v) is 5.47. The van der Waals surface area contributed by atoms with Gasteiger partial charge in [-0.2, -0.15) is 0 Å². The summed E-state index contributed by atoms with van der Waals surface area (Å²) in [6, 6.07) is 0. The number of hydrogen-bond donors (Lipinski definition) is 3. The zero-order valence-corrected chi connectivity index (χ0v) is 9.96. The molecule has 0 unspecified atom stereocenters. The molecule has 1 amide bonds. The highest BCUT2D eigenvalue weighted by molar-refractivity contribution is 5.80. The van der Waals surface area contributed by atoms with Crippen molar-refractivity contribution in [2.45, 2.75) is 38.1 Å². The van der Waals surface area contributed by atoms with Gasteiger partial charge in [-0.25, -0.2) is 0 Å². The first-order valence-corrected chi connectivity index (χ1v) is 6.29. The Kier molecular flexibility index (Phi) is 3.50. The topological polar surface area (TPSA) is 61.4 Å². The van der Waals surface area contributed by atoms with E-state index >= 15 is 0 Å². The van der Waals surface area contributed by atoms with Crippen molar-refractivity contribution in [2.24, 2.45) is 11.8 Å². The molecule has 0 atom stereocenters. The highest BCUT2D eigenvalue weighted by atomic mass is 16.3. The molecule has 1 saturated carbocycles. The fourth-order valence-electron chi connectivity index (χ4n) is 2.47. The van der Waals surface area contributed by atoms with E-state index in [1.54, 1.807) is 0 Å². The van der Waals surface area contributed by atoms with Gasteiger partial charge in [0.05, 0.1) is 18.1 Å². The van der Waals surface area contributed by atoms with Gasteiger partial charge >= 0.3 is 0 Å². The molecule has 0 bridgehead atoms. The van der Waals surface area contributed by atoms with Gasteiger partial charge in [-0.1, -0.05) is 6.92 Å². The molecule has 4 nitrogen and oxygen atoms in total. The van der Waals surface area contributed by atoms with Crippen molar-refractivity contribution in [1.82, 2.24) is 10.6 Å². The van der Waals surface area contributed by atoms with Gasteiger partial charge in [-0.15, -0.1) is 0 Å². The summed E-state index contributed by atoms with van der Waals surface area (Å²) in [7, 11) is 0. The molecule has 2 fully saturated rings. The van der Waals surface area contributed by atoms with Crippen LogP contribution < -0.4 is 10.6 Å². The number of aliphatic hydroxyl groups excluding tert-OH is 1. The third-order valence-electron chi connectivity index (χ3n) is 4.07. The lowest BCUT2D eigenvalue weighted by Crippen LogP contribution is -2.59. The third kappa shape index (κ3) is 2.38. The monoisotopic (exact) mass is 226 g/mol. The van der Waals surface area contributed by atoms with E-state index in [0.29, 0.717) is 0 Å². The Labute approximate surface area is 96.8 Å². The Morgan fingerprint density at radius 2 is 2.06 bits per heavy atom. The lowest BCUT2D eigenvalue weighted by atomic mass is 9.77. The van der Waals surface area contributed by atoms with E-state index in [-0.39, 0.29) is 24.0 Å². The fraction of sp³-hybridized carbons (Fsp3) is 0.917. The number of aliphatic hydroxyl groups is 1. The van der Waals surface area contributed by atoms with Crippen molar-refractivity contribution >= 4 is 5.91 Å². The van der Waals surface area contributed by atoms with Crippen molar-refractivity contribution in [3.8, 4) is 0 Å². The van der Waals surface area contributed by atoms with E-state index in [1.165, 1.54) is 0 Å². The van der Waals surface area contributed by atoms with E-state index in [1.807, 2.05) is 0 Å². The standard InChI is InChI=1S/C12H22N2O2/c1-9-2-4-12(8-15,5-3-9)14-11(16)10-6-13-7-10/h9-10,13,15H,2-8H2,1H3,(H,14,16). The van der Waals surface area contributed by atoms with E-state index in [0.717, 1.165) is 44.7 Å². The Hall–Kier alpha value is -0.610. The first-order valence-electron chi connectivity index (χ1n) is 6.29. The molecule has 1 aliphatic heterocycles. The molecule has 1 heterocycles. The molecule has 3 N–H and O–H groups in total. The molecular formula is C12H22N2O2. The van der Waals surface area contributed by atoms with Crippen LogP contribution in [0.1, 0.15) is 32.6 Å². The molecule has 1 aliphatic carbocycles. The number of rotatable bonds is 3. The second kappa shape index (κ2) is 4.72. The molecule has 4 heteroatoms. The predicted octanol–water partition coefficient (Wildman–Crippen LogP) is 0.263. The normalized spacial score (nSPS) is 35.5. The quantitative estimate of drug-likeness (QED) is 0.647. The summed E-state index contributed by atoms with van der Waals surface area (Å²) in [5.41, 5.74) is -0.334. The van der Waals surface area contributed by atoms with Crippen molar-refractivity contribution in [1.29, 1.82) is 0 Å². The minimum absolute atomic E-state index is 0.0750. The molecule has 2 aliphatic rings. The summed E-state index contributed by atoms with van der Waals surface area (Å²) in [5.74, 6) is 0.951. The van der Waals surface area contributed by atoms with Gasteiger partial charge < -0.3 is 15.7 Å². The highest BCUT2D eigenvalue weighted by Crippen LogP contribution is 2.31. The molecule has 0 aromatic rings. The van der Waals surface area contributed by atoms with Crippen LogP contribution in [0.5, 0.6) is 0 Å². The van der Waals surface area contributed by atoms with Gasteiger partial charge in [0.25, 0.3) is 0 Å². The van der Waals surface area contributed by atoms with E-state index in [4.69, 9.17) is 0 Å². The van der Waals surface area contributed by atoms with Gasteiger partial charge in [0.15, 0.2) is 0 Å². The molecule has 0 spiro atoms. The summed E-state index contributed by atoms with van der Waals surface area (Å²) in [6.07, 6.45) is 4.03. The Balaban J connectivity index is 1.90. The first-order chi connectivity index (χ1) is 7.65. The largest absolute Gasteiger partial charge is 0.394 e. The van der Waals surface area contributed by atoms with Crippen LogP contribution >= 0.6 is 0 Å². The van der Waals surface area contributed by atoms with Crippen LogP contribution in [0.3, 0.4) is 0 Å². The number of hydrogen-bond acceptors (Lipinski definition) is 3. The summed E-state index contributed by atoms with van der Waals surface area (Å²) < 4.78 is 0. The summed E-state index contributed by atoms with van der Waals surface area (Å²) >= 11 is 0. The molecule has 0 aromatic carbocycles. The maximum absolute atomic E-state index is 11.9. The zero-order chi connectivity index (χ0) is 11.6. The van der Waals surface area contributed by atoms with Crippen LogP contribution in [-0.4, -0.2) is 36.2 Å². The Morgan fingerprint density at radius 3 is 2.50 bits per heavy atom. The number of nitrogens with one attached hydrogen (secondary N) is 2. The molecule has 0 radical (unpaired) electrons. The Morgan fingerprint density at radius 1 is 1.44 bits per heavy atom. The molecule has 2 rings (SSSR count). The molecule has 16 heavy (non-hydrogen) atoms. The van der Waals surface area contributed by atoms with Crippen LogP contribution in [0.2, 0.25) is 0 Å². The highest BCUT2D eigenvalue weighted by Gasteiger charge is 2.37. The SMILES string of the molecule is CC1CCC(CO)(NC(=O)C2CNC2)CC1. The van der Waals surface area contributed by atoms with Crippen molar-refractivity contribution in [2.75, 3.05) is 19.7 Å². The lowest BCUT2D eigenvalue weighted by molar-refractivity contribution is -0.129. The van der Waals surface area contributed by atoms with Gasteiger partial charge in [0.1, 0.15) is 0 Å². The van der Waals surface area contributed by atoms with E-state index in [2.05, 4.69) is 17.6 Å². The number of carbonyl (C=O) groups excluding carboxylic acids is 1. The maximum atomic E-state index is 11.9. The van der Waals surface area contributed by atoms with Crippen LogP contribution in [0.25, 0.3) is 0 Å². The van der Waals surface area contributed by atoms with Crippen molar-refractivity contribution in [3.63, 3.8) is 0 Å². The minimum atomic E-state index is -0.334. The third-order valence-corrected chi connectivity index (χ3v) is 4.07. The van der Waals surface area contributed by atoms with Crippen molar-refractivity contribution in [3.05, 3.63) is 0 Å². The zero-order valence-electron chi connectivity index (χ0n) is 9.96. The predicted molar refractivity (Wildman–Crippen MR) is 62.0 cm³/mol. The van der Waals surface area contributed by atoms with Crippen LogP contribution in [0.4, 0.5) is 0 Å². The van der Waals surface area contributed by atoms with E-state index < -0.39 is 0 Å². The summed E-state index contributed by atoms with van der Waals surface area (Å²) in [5, 5.41) is 15.7. The average Bonchev–Trinajstić information content (AvgIpc) is 2.19. The number of amides is 1. The van der Waals surface area contributed by atoms with Gasteiger partial charge in [-0.05, 0) is 31.6 Å². The molecule has 0 aromatic heterocycles. The fourth-order valence-corrected chi connectivity index (χ4v) is 2.47. The molecule has 1 saturated heterocycles. The summed E-state index contributed by atoms with van der Waals surface area (Å²) in [6.45, 7) is 3.87. The Bertz CT molecular complexity index is 256. The number of carbonyl (C=O) groups is 1. The van der Waals surface area contributed by atoms with Crippen molar-refractivity contribution < 1.29 is 9.90 Å². The van der Waals surface area contributed by atoms with Gasteiger partial charge in [0.2, 0.25) is 5.91 Å².